The second-order valence-corrected chi connectivity index (χ2v) is 6.76. The number of nitrogens with zero attached hydrogens (tertiary/aromatic N) is 3. The number of nitrogens with one attached hydrogen (secondary N) is 2. The van der Waals surface area contributed by atoms with Crippen molar-refractivity contribution in [3.05, 3.63) is 34.4 Å². The van der Waals surface area contributed by atoms with Crippen LogP contribution in [-0.2, 0) is 0 Å². The third-order valence-corrected chi connectivity index (χ3v) is 4.46. The Labute approximate surface area is 189 Å². The summed E-state index contributed by atoms with van der Waals surface area (Å²) in [4.78, 5) is 17.0. The van der Waals surface area contributed by atoms with E-state index in [-0.39, 0.29) is 42.8 Å². The number of aliphatic hydroxyl groups excluding tert-OH is 1. The van der Waals surface area contributed by atoms with Gasteiger partial charge in [0.15, 0.2) is 5.96 Å². The van der Waals surface area contributed by atoms with Crippen molar-refractivity contribution in [3.8, 4) is 5.75 Å². The summed E-state index contributed by atoms with van der Waals surface area (Å²) < 4.78 is 5.47. The largest absolute Gasteiger partial charge is 0.491 e. The molecule has 10 heteroatoms. The number of ether oxygens (including phenoxy) is 1. The molecule has 29 heavy (non-hydrogen) atoms. The van der Waals surface area contributed by atoms with Gasteiger partial charge in [0.2, 0.25) is 0 Å². The minimum absolute atomic E-state index is 0. The molecule has 0 spiro atoms. The van der Waals surface area contributed by atoms with E-state index in [1.807, 2.05) is 6.92 Å². The van der Waals surface area contributed by atoms with Gasteiger partial charge in [0, 0.05) is 31.8 Å². The third-order valence-electron chi connectivity index (χ3n) is 4.46. The summed E-state index contributed by atoms with van der Waals surface area (Å²) in [6.07, 6.45) is 3.10. The standard InChI is InChI=1S/C19H31N5O4.HI/c1-2-20-19(21-10-13-23-11-4-3-5-12-23)22-14-17(25)15-28-18-8-6-16(7-9-18)24(26)27;/h6-9,17,25H,2-5,10-15H2,1H3,(H2,20,21,22);1H. The van der Waals surface area contributed by atoms with Crippen LogP contribution in [0.4, 0.5) is 5.69 Å². The average molecular weight is 521 g/mol. The molecule has 0 aromatic heterocycles. The lowest BCUT2D eigenvalue weighted by Crippen LogP contribution is -2.43. The van der Waals surface area contributed by atoms with Crippen LogP contribution in [0.5, 0.6) is 5.75 Å². The van der Waals surface area contributed by atoms with E-state index >= 15 is 0 Å². The lowest BCUT2D eigenvalue weighted by molar-refractivity contribution is -0.384. The lowest BCUT2D eigenvalue weighted by Gasteiger charge is -2.26. The zero-order valence-corrected chi connectivity index (χ0v) is 19.2. The second kappa shape index (κ2) is 14.3. The predicted octanol–water partition coefficient (Wildman–Crippen LogP) is 1.99. The fourth-order valence-corrected chi connectivity index (χ4v) is 2.96. The number of halogens is 1. The van der Waals surface area contributed by atoms with E-state index in [4.69, 9.17) is 4.74 Å². The number of guanidine groups is 1. The highest BCUT2D eigenvalue weighted by Crippen LogP contribution is 2.17. The van der Waals surface area contributed by atoms with E-state index in [0.29, 0.717) is 11.7 Å². The molecule has 1 atom stereocenters. The monoisotopic (exact) mass is 521 g/mol. The molecular formula is C19H32IN5O4. The Kier molecular flexibility index (Phi) is 12.6. The molecule has 3 N–H and O–H groups in total. The maximum atomic E-state index is 10.6. The molecule has 0 saturated carbocycles. The first kappa shape index (κ1) is 25.4. The number of hydrogen-bond donors (Lipinski definition) is 3. The van der Waals surface area contributed by atoms with Crippen molar-refractivity contribution < 1.29 is 14.8 Å². The smallest absolute Gasteiger partial charge is 0.269 e. The summed E-state index contributed by atoms with van der Waals surface area (Å²) in [6, 6.07) is 5.77. The van der Waals surface area contributed by atoms with E-state index in [2.05, 4.69) is 20.5 Å². The highest BCUT2D eigenvalue weighted by molar-refractivity contribution is 14.0. The SMILES string of the molecule is CCNC(=NCC(O)COc1ccc([N+](=O)[O-])cc1)NCCN1CCCCC1.I. The molecule has 164 valence electrons. The summed E-state index contributed by atoms with van der Waals surface area (Å²) in [6.45, 7) is 7.11. The Bertz CT molecular complexity index is 624. The van der Waals surface area contributed by atoms with Gasteiger partial charge in [-0.25, -0.2) is 0 Å². The molecule has 1 aliphatic rings. The van der Waals surface area contributed by atoms with Crippen molar-refractivity contribution in [1.82, 2.24) is 15.5 Å². The summed E-state index contributed by atoms with van der Waals surface area (Å²) in [5.74, 6) is 1.15. The van der Waals surface area contributed by atoms with Gasteiger partial charge in [0.25, 0.3) is 5.69 Å². The van der Waals surface area contributed by atoms with Crippen molar-refractivity contribution in [2.24, 2.45) is 4.99 Å². The Hall–Kier alpha value is -1.66. The second-order valence-electron chi connectivity index (χ2n) is 6.76. The molecule has 1 aromatic carbocycles. The molecule has 1 saturated heterocycles. The first-order valence-corrected chi connectivity index (χ1v) is 9.88. The van der Waals surface area contributed by atoms with Gasteiger partial charge in [-0.1, -0.05) is 6.42 Å². The van der Waals surface area contributed by atoms with Crippen molar-refractivity contribution in [2.75, 3.05) is 45.9 Å². The average Bonchev–Trinajstić information content (AvgIpc) is 2.71. The lowest BCUT2D eigenvalue weighted by atomic mass is 10.1. The predicted molar refractivity (Wildman–Crippen MR) is 124 cm³/mol. The fraction of sp³-hybridized carbons (Fsp3) is 0.632. The van der Waals surface area contributed by atoms with Crippen molar-refractivity contribution in [3.63, 3.8) is 0 Å². The first-order valence-electron chi connectivity index (χ1n) is 9.88. The van der Waals surface area contributed by atoms with Crippen LogP contribution in [-0.4, -0.2) is 72.9 Å². The van der Waals surface area contributed by atoms with Crippen LogP contribution in [0.2, 0.25) is 0 Å². The van der Waals surface area contributed by atoms with Crippen LogP contribution in [0.15, 0.2) is 29.3 Å². The van der Waals surface area contributed by atoms with Crippen LogP contribution >= 0.6 is 24.0 Å². The van der Waals surface area contributed by atoms with Crippen molar-refractivity contribution >= 4 is 35.6 Å². The molecule has 0 amide bonds. The van der Waals surface area contributed by atoms with Crippen molar-refractivity contribution in [1.29, 1.82) is 0 Å². The van der Waals surface area contributed by atoms with Gasteiger partial charge in [-0.05, 0) is 45.0 Å². The zero-order valence-electron chi connectivity index (χ0n) is 16.9. The molecule has 1 aromatic rings. The number of piperidine rings is 1. The van der Waals surface area contributed by atoms with Gasteiger partial charge in [0.1, 0.15) is 18.5 Å². The number of non-ortho nitro benzene ring substituents is 1. The quantitative estimate of drug-likeness (QED) is 0.142. The number of benzene rings is 1. The van der Waals surface area contributed by atoms with E-state index in [1.165, 1.54) is 43.5 Å². The summed E-state index contributed by atoms with van der Waals surface area (Å²) >= 11 is 0. The van der Waals surface area contributed by atoms with Crippen molar-refractivity contribution in [2.45, 2.75) is 32.3 Å². The third kappa shape index (κ3) is 10.1. The maximum Gasteiger partial charge on any atom is 0.269 e. The number of nitro benzene ring substituents is 1. The van der Waals surface area contributed by atoms with Crippen LogP contribution in [0.3, 0.4) is 0 Å². The Morgan fingerprint density at radius 1 is 1.28 bits per heavy atom. The number of aliphatic hydroxyl groups is 1. The maximum absolute atomic E-state index is 10.6. The van der Waals surface area contributed by atoms with E-state index < -0.39 is 11.0 Å². The number of rotatable bonds is 10. The van der Waals surface area contributed by atoms with Crippen LogP contribution in [0.25, 0.3) is 0 Å². The molecule has 1 fully saturated rings. The number of likely N-dealkylation sites (tertiary alicyclic amines) is 1. The Morgan fingerprint density at radius 2 is 1.97 bits per heavy atom. The highest BCUT2D eigenvalue weighted by Gasteiger charge is 2.10. The molecule has 9 nitrogen and oxygen atoms in total. The summed E-state index contributed by atoms with van der Waals surface area (Å²) in [5, 5.41) is 27.2. The number of nitro groups is 1. The molecule has 1 aliphatic heterocycles. The summed E-state index contributed by atoms with van der Waals surface area (Å²) in [5.41, 5.74) is 0.00316. The molecule has 1 heterocycles. The summed E-state index contributed by atoms with van der Waals surface area (Å²) in [7, 11) is 0. The topological polar surface area (TPSA) is 112 Å². The van der Waals surface area contributed by atoms with E-state index in [9.17, 15) is 15.2 Å². The van der Waals surface area contributed by atoms with Gasteiger partial charge < -0.3 is 25.4 Å². The zero-order chi connectivity index (χ0) is 20.2. The van der Waals surface area contributed by atoms with Crippen LogP contribution < -0.4 is 15.4 Å². The molecule has 0 aliphatic carbocycles. The van der Waals surface area contributed by atoms with Crippen LogP contribution in [0.1, 0.15) is 26.2 Å². The van der Waals surface area contributed by atoms with Gasteiger partial charge in [-0.3, -0.25) is 15.1 Å². The molecule has 1 unspecified atom stereocenters. The molecular weight excluding hydrogens is 489 g/mol. The van der Waals surface area contributed by atoms with E-state index in [0.717, 1.165) is 32.7 Å². The Balaban J connectivity index is 0.00000420. The fourth-order valence-electron chi connectivity index (χ4n) is 2.96. The molecule has 2 rings (SSSR count). The van der Waals surface area contributed by atoms with Gasteiger partial charge >= 0.3 is 0 Å². The van der Waals surface area contributed by atoms with Gasteiger partial charge in [-0.15, -0.1) is 24.0 Å². The normalized spacial score (nSPS) is 15.9. The van der Waals surface area contributed by atoms with Gasteiger partial charge in [0.05, 0.1) is 11.5 Å². The van der Waals surface area contributed by atoms with E-state index in [1.54, 1.807) is 0 Å². The van der Waals surface area contributed by atoms with Crippen LogP contribution in [0, 0.1) is 10.1 Å². The minimum Gasteiger partial charge on any atom is -0.491 e. The first-order chi connectivity index (χ1) is 13.6. The molecule has 0 bridgehead atoms. The molecule has 0 radical (unpaired) electrons. The minimum atomic E-state index is -0.771. The van der Waals surface area contributed by atoms with Gasteiger partial charge in [-0.2, -0.15) is 0 Å². The number of aliphatic imine (C=N–C) groups is 1. The highest BCUT2D eigenvalue weighted by atomic mass is 127. The number of hydrogen-bond acceptors (Lipinski definition) is 6. The Morgan fingerprint density at radius 3 is 2.59 bits per heavy atom.